The van der Waals surface area contributed by atoms with Crippen molar-refractivity contribution in [3.05, 3.63) is 132 Å². The van der Waals surface area contributed by atoms with Gasteiger partial charge in [-0.3, -0.25) is 0 Å². The number of hydrogen-bond acceptors (Lipinski definition) is 2. The minimum Gasteiger partial charge on any atom is -0.210 e. The molecule has 30 heavy (non-hydrogen) atoms. The van der Waals surface area contributed by atoms with Gasteiger partial charge in [0.2, 0.25) is 5.84 Å². The van der Waals surface area contributed by atoms with E-state index in [1.54, 1.807) is 0 Å². The van der Waals surface area contributed by atoms with Crippen LogP contribution in [-0.4, -0.2) is 12.1 Å². The van der Waals surface area contributed by atoms with Crippen molar-refractivity contribution < 1.29 is 5.43 Å². The lowest BCUT2D eigenvalue weighted by atomic mass is 10.2. The number of amidine groups is 1. The van der Waals surface area contributed by atoms with Crippen molar-refractivity contribution in [2.45, 2.75) is 0 Å². The number of nitrogens with two attached hydrogens (primary N) is 1. The number of anilines is 1. The van der Waals surface area contributed by atoms with E-state index in [4.69, 9.17) is 10.2 Å². The molecule has 146 valence electrons. The molecule has 0 aliphatic heterocycles. The number of para-hydroxylation sites is 1. The minimum atomic E-state index is 0.748. The molecule has 0 amide bonds. The van der Waals surface area contributed by atoms with Gasteiger partial charge in [0.05, 0.1) is 11.9 Å². The lowest BCUT2D eigenvalue weighted by Gasteiger charge is -2.20. The highest BCUT2D eigenvalue weighted by Gasteiger charge is 2.17. The van der Waals surface area contributed by atoms with Gasteiger partial charge in [-0.25, -0.2) is 5.01 Å². The molecule has 0 saturated carbocycles. The minimum absolute atomic E-state index is 0.748. The Balaban J connectivity index is 1.77. The highest BCUT2D eigenvalue weighted by molar-refractivity contribution is 6.10. The maximum absolute atomic E-state index is 4.86. The van der Waals surface area contributed by atoms with Gasteiger partial charge in [-0.2, -0.15) is 10.5 Å². The van der Waals surface area contributed by atoms with E-state index in [2.05, 4.69) is 0 Å². The molecule has 2 N–H and O–H groups in total. The Morgan fingerprint density at radius 3 is 1.80 bits per heavy atom. The van der Waals surface area contributed by atoms with Gasteiger partial charge in [-0.1, -0.05) is 102 Å². The molecule has 0 aliphatic carbocycles. The summed E-state index contributed by atoms with van der Waals surface area (Å²) in [6, 6.07) is 40.3. The Hall–Kier alpha value is -4.02. The van der Waals surface area contributed by atoms with Gasteiger partial charge in [0.25, 0.3) is 0 Å². The summed E-state index contributed by atoms with van der Waals surface area (Å²) in [6.45, 7) is 0. The molecule has 0 heterocycles. The van der Waals surface area contributed by atoms with E-state index in [0.717, 1.165) is 28.3 Å². The Kier molecular flexibility index (Phi) is 6.41. The summed E-state index contributed by atoms with van der Waals surface area (Å²) < 4.78 is 0. The fraction of sp³-hybridized carbons (Fsp3) is 0. The first-order chi connectivity index (χ1) is 14.9. The number of benzene rings is 4. The van der Waals surface area contributed by atoms with Gasteiger partial charge in [0, 0.05) is 17.7 Å². The van der Waals surface area contributed by atoms with E-state index in [1.807, 2.05) is 138 Å². The highest BCUT2D eigenvalue weighted by Crippen LogP contribution is 2.18. The molecule has 4 rings (SSSR count). The van der Waals surface area contributed by atoms with Crippen molar-refractivity contribution in [1.82, 2.24) is 0 Å². The monoisotopic (exact) mass is 391 g/mol. The molecule has 0 bridgehead atoms. The average Bonchev–Trinajstić information content (AvgIpc) is 2.83. The second kappa shape index (κ2) is 9.96. The van der Waals surface area contributed by atoms with Gasteiger partial charge < -0.3 is 0 Å². The predicted molar refractivity (Wildman–Crippen MR) is 124 cm³/mol. The van der Waals surface area contributed by atoms with Crippen molar-refractivity contribution in [2.24, 2.45) is 10.2 Å². The molecule has 0 aliphatic rings. The van der Waals surface area contributed by atoms with Gasteiger partial charge in [0.1, 0.15) is 0 Å². The smallest absolute Gasteiger partial charge is 0.210 e. The lowest BCUT2D eigenvalue weighted by Crippen LogP contribution is -2.72. The van der Waals surface area contributed by atoms with E-state index < -0.39 is 0 Å². The van der Waals surface area contributed by atoms with Crippen LogP contribution in [0.25, 0.3) is 0 Å². The van der Waals surface area contributed by atoms with Gasteiger partial charge in [-0.15, -0.1) is 0 Å². The molecule has 4 heteroatoms. The second-order valence-corrected chi connectivity index (χ2v) is 6.66. The van der Waals surface area contributed by atoms with Crippen LogP contribution in [-0.2, 0) is 0 Å². The molecule has 0 unspecified atom stereocenters. The summed E-state index contributed by atoms with van der Waals surface area (Å²) in [5, 5.41) is 11.5. The van der Waals surface area contributed by atoms with Crippen LogP contribution in [0.4, 0.5) is 11.4 Å². The summed E-state index contributed by atoms with van der Waals surface area (Å²) in [5.41, 5.74) is 5.85. The Morgan fingerprint density at radius 2 is 1.17 bits per heavy atom. The Labute approximate surface area is 176 Å². The summed E-state index contributed by atoms with van der Waals surface area (Å²) in [7, 11) is 0. The van der Waals surface area contributed by atoms with Crippen molar-refractivity contribution >= 4 is 23.4 Å². The third kappa shape index (κ3) is 5.07. The van der Waals surface area contributed by atoms with Crippen molar-refractivity contribution in [1.29, 1.82) is 0 Å². The molecular weight excluding hydrogens is 368 g/mol. The quantitative estimate of drug-likeness (QED) is 0.166. The second-order valence-electron chi connectivity index (χ2n) is 6.66. The first-order valence-corrected chi connectivity index (χ1v) is 9.86. The fourth-order valence-corrected chi connectivity index (χ4v) is 2.99. The van der Waals surface area contributed by atoms with Crippen LogP contribution in [0, 0.1) is 0 Å². The van der Waals surface area contributed by atoms with Crippen LogP contribution in [0.3, 0.4) is 0 Å². The Morgan fingerprint density at radius 1 is 0.633 bits per heavy atom. The van der Waals surface area contributed by atoms with Crippen LogP contribution >= 0.6 is 0 Å². The SMILES string of the molecule is C(=N/N(/C(=N/[NH2+]c1ccccc1)c1ccccc1)c1ccccc1)/c1ccccc1. The maximum atomic E-state index is 4.86. The molecule has 4 aromatic carbocycles. The first-order valence-electron chi connectivity index (χ1n) is 9.86. The number of quaternary nitrogens is 1. The van der Waals surface area contributed by atoms with Gasteiger partial charge in [-0.05, 0) is 17.7 Å². The molecule has 0 radical (unpaired) electrons. The zero-order valence-corrected chi connectivity index (χ0v) is 16.5. The summed E-state index contributed by atoms with van der Waals surface area (Å²) >= 11 is 0. The summed E-state index contributed by atoms with van der Waals surface area (Å²) in [6.07, 6.45) is 1.86. The molecular formula is C26H23N4+. The largest absolute Gasteiger partial charge is 0.217 e. The van der Waals surface area contributed by atoms with Crippen LogP contribution < -0.4 is 10.4 Å². The van der Waals surface area contributed by atoms with Crippen molar-refractivity contribution in [2.75, 3.05) is 5.01 Å². The van der Waals surface area contributed by atoms with Gasteiger partial charge >= 0.3 is 0 Å². The number of rotatable bonds is 6. The third-order valence-corrected chi connectivity index (χ3v) is 4.49. The van der Waals surface area contributed by atoms with Crippen LogP contribution in [0.2, 0.25) is 0 Å². The Bertz CT molecular complexity index is 1090. The van der Waals surface area contributed by atoms with Crippen molar-refractivity contribution in [3.63, 3.8) is 0 Å². The fourth-order valence-electron chi connectivity index (χ4n) is 2.99. The molecule has 0 saturated heterocycles. The topological polar surface area (TPSA) is 44.6 Å². The van der Waals surface area contributed by atoms with E-state index >= 15 is 0 Å². The molecule has 4 aromatic rings. The van der Waals surface area contributed by atoms with E-state index in [9.17, 15) is 0 Å². The summed E-state index contributed by atoms with van der Waals surface area (Å²) in [4.78, 5) is 0. The van der Waals surface area contributed by atoms with Gasteiger partial charge in [0.15, 0.2) is 5.69 Å². The number of hydrazone groups is 1. The standard InChI is InChI=1S/C26H22N4/c1-5-13-22(14-6-1)21-27-30(25-19-11-4-12-20-25)26(23-15-7-2-8-16-23)29-28-24-17-9-3-10-18-24/h1-21,28H/p+1/b27-21-,29-26+. The third-order valence-electron chi connectivity index (χ3n) is 4.49. The molecule has 0 fully saturated rings. The molecule has 0 spiro atoms. The molecule has 4 nitrogen and oxygen atoms in total. The summed E-state index contributed by atoms with van der Waals surface area (Å²) in [5.74, 6) is 0.748. The van der Waals surface area contributed by atoms with Crippen LogP contribution in [0.5, 0.6) is 0 Å². The highest BCUT2D eigenvalue weighted by atomic mass is 15.5. The van der Waals surface area contributed by atoms with E-state index in [0.29, 0.717) is 0 Å². The van der Waals surface area contributed by atoms with Crippen molar-refractivity contribution in [3.8, 4) is 0 Å². The van der Waals surface area contributed by atoms with E-state index in [1.165, 1.54) is 0 Å². The zero-order chi connectivity index (χ0) is 20.4. The lowest BCUT2D eigenvalue weighted by molar-refractivity contribution is -0.577. The van der Waals surface area contributed by atoms with Crippen LogP contribution in [0.1, 0.15) is 11.1 Å². The van der Waals surface area contributed by atoms with E-state index in [-0.39, 0.29) is 0 Å². The normalized spacial score (nSPS) is 11.5. The first kappa shape index (κ1) is 19.3. The predicted octanol–water partition coefficient (Wildman–Crippen LogP) is 4.78. The van der Waals surface area contributed by atoms with Crippen LogP contribution in [0.15, 0.2) is 132 Å². The number of nitrogens with zero attached hydrogens (tertiary/aromatic N) is 3. The molecule has 0 atom stereocenters. The maximum Gasteiger partial charge on any atom is 0.217 e. The molecule has 0 aromatic heterocycles. The average molecular weight is 391 g/mol. The zero-order valence-electron chi connectivity index (χ0n) is 16.5. The number of hydrogen-bond donors (Lipinski definition) is 1.